The summed E-state index contributed by atoms with van der Waals surface area (Å²) in [6.07, 6.45) is 1.47. The number of para-hydroxylation sites is 1. The molecule has 1 aromatic heterocycles. The molecule has 3 aromatic rings. The Hall–Kier alpha value is -4.07. The van der Waals surface area contributed by atoms with E-state index in [1.807, 2.05) is 30.3 Å². The highest BCUT2D eigenvalue weighted by molar-refractivity contribution is 6.08. The standard InChI is InChI=1S/C23H22N4O4/c1-30-18-9-6-10-19(31-2)21(18)26-23(29)16-11-17-22(24-12-16)25-13-20(28)27(17)14-15-7-4-3-5-8-15/h3-12H,13-14H2,1-2H3,(H,24,25)(H,26,29). The number of amides is 2. The van der Waals surface area contributed by atoms with E-state index in [4.69, 9.17) is 9.47 Å². The third kappa shape index (κ3) is 4.13. The van der Waals surface area contributed by atoms with Gasteiger partial charge in [-0.3, -0.25) is 9.59 Å². The van der Waals surface area contributed by atoms with E-state index in [0.717, 1.165) is 5.56 Å². The van der Waals surface area contributed by atoms with Crippen LogP contribution in [0.2, 0.25) is 0 Å². The SMILES string of the molecule is COc1cccc(OC)c1NC(=O)c1cnc2c(c1)N(Cc1ccccc1)C(=O)CN2. The van der Waals surface area contributed by atoms with E-state index in [1.54, 1.807) is 29.2 Å². The molecule has 0 bridgehead atoms. The predicted octanol–water partition coefficient (Wildman–Crippen LogP) is 3.31. The quantitative estimate of drug-likeness (QED) is 0.638. The summed E-state index contributed by atoms with van der Waals surface area (Å²) in [6, 6.07) is 16.6. The molecule has 1 aliphatic rings. The van der Waals surface area contributed by atoms with Crippen LogP contribution in [0.5, 0.6) is 11.5 Å². The third-order valence-corrected chi connectivity index (χ3v) is 4.98. The average Bonchev–Trinajstić information content (AvgIpc) is 2.81. The minimum absolute atomic E-state index is 0.0953. The number of benzene rings is 2. The highest BCUT2D eigenvalue weighted by Crippen LogP contribution is 2.35. The van der Waals surface area contributed by atoms with E-state index in [-0.39, 0.29) is 12.5 Å². The molecule has 0 unspecified atom stereocenters. The number of carbonyl (C=O) groups is 2. The Morgan fingerprint density at radius 2 is 1.81 bits per heavy atom. The molecule has 8 heteroatoms. The van der Waals surface area contributed by atoms with Crippen LogP contribution in [-0.2, 0) is 11.3 Å². The number of fused-ring (bicyclic) bond motifs is 1. The van der Waals surface area contributed by atoms with Gasteiger partial charge in [0.25, 0.3) is 5.91 Å². The fraction of sp³-hybridized carbons (Fsp3) is 0.174. The van der Waals surface area contributed by atoms with Gasteiger partial charge in [-0.1, -0.05) is 36.4 Å². The predicted molar refractivity (Wildman–Crippen MR) is 118 cm³/mol. The Morgan fingerprint density at radius 3 is 2.48 bits per heavy atom. The summed E-state index contributed by atoms with van der Waals surface area (Å²) in [5.41, 5.74) is 2.27. The summed E-state index contributed by atoms with van der Waals surface area (Å²) in [6.45, 7) is 0.540. The number of hydrogen-bond donors (Lipinski definition) is 2. The average molecular weight is 418 g/mol. The molecule has 2 heterocycles. The summed E-state index contributed by atoms with van der Waals surface area (Å²) in [7, 11) is 3.03. The first-order valence-electron chi connectivity index (χ1n) is 9.71. The lowest BCUT2D eigenvalue weighted by Crippen LogP contribution is -2.40. The number of anilines is 3. The van der Waals surface area contributed by atoms with Crippen LogP contribution in [0.3, 0.4) is 0 Å². The number of nitrogens with zero attached hydrogens (tertiary/aromatic N) is 2. The van der Waals surface area contributed by atoms with Crippen LogP contribution in [0.4, 0.5) is 17.2 Å². The number of ether oxygens (including phenoxy) is 2. The molecule has 31 heavy (non-hydrogen) atoms. The molecule has 2 aromatic carbocycles. The monoisotopic (exact) mass is 418 g/mol. The first-order valence-corrected chi connectivity index (χ1v) is 9.71. The van der Waals surface area contributed by atoms with Crippen molar-refractivity contribution in [2.24, 2.45) is 0 Å². The maximum absolute atomic E-state index is 13.0. The van der Waals surface area contributed by atoms with Crippen molar-refractivity contribution in [3.8, 4) is 11.5 Å². The van der Waals surface area contributed by atoms with Crippen LogP contribution in [0.1, 0.15) is 15.9 Å². The molecule has 1 aliphatic heterocycles. The number of nitrogens with one attached hydrogen (secondary N) is 2. The molecule has 0 fully saturated rings. The van der Waals surface area contributed by atoms with Gasteiger partial charge in [0.05, 0.1) is 38.6 Å². The molecular formula is C23H22N4O4. The fourth-order valence-corrected chi connectivity index (χ4v) is 3.41. The number of aromatic nitrogens is 1. The van der Waals surface area contributed by atoms with E-state index in [1.165, 1.54) is 20.4 Å². The molecule has 4 rings (SSSR count). The summed E-state index contributed by atoms with van der Waals surface area (Å²) in [4.78, 5) is 31.6. The van der Waals surface area contributed by atoms with Crippen molar-refractivity contribution in [1.82, 2.24) is 4.98 Å². The molecular weight excluding hydrogens is 396 g/mol. The smallest absolute Gasteiger partial charge is 0.257 e. The lowest BCUT2D eigenvalue weighted by atomic mass is 10.1. The zero-order valence-electron chi connectivity index (χ0n) is 17.2. The highest BCUT2D eigenvalue weighted by Gasteiger charge is 2.26. The van der Waals surface area contributed by atoms with E-state index in [0.29, 0.717) is 40.8 Å². The van der Waals surface area contributed by atoms with Crippen molar-refractivity contribution < 1.29 is 19.1 Å². The van der Waals surface area contributed by atoms with Crippen molar-refractivity contribution in [2.45, 2.75) is 6.54 Å². The van der Waals surface area contributed by atoms with E-state index in [2.05, 4.69) is 15.6 Å². The Kier molecular flexibility index (Phi) is 5.70. The number of carbonyl (C=O) groups excluding carboxylic acids is 2. The number of methoxy groups -OCH3 is 2. The Bertz CT molecular complexity index is 1100. The van der Waals surface area contributed by atoms with Gasteiger partial charge >= 0.3 is 0 Å². The largest absolute Gasteiger partial charge is 0.494 e. The van der Waals surface area contributed by atoms with Gasteiger partial charge in [-0.2, -0.15) is 0 Å². The first-order chi connectivity index (χ1) is 15.1. The molecule has 0 atom stereocenters. The molecule has 0 spiro atoms. The van der Waals surface area contributed by atoms with Crippen LogP contribution in [0.15, 0.2) is 60.8 Å². The second kappa shape index (κ2) is 8.74. The summed E-state index contributed by atoms with van der Waals surface area (Å²) < 4.78 is 10.7. The molecule has 0 aliphatic carbocycles. The number of hydrogen-bond acceptors (Lipinski definition) is 6. The molecule has 158 valence electrons. The van der Waals surface area contributed by atoms with E-state index < -0.39 is 5.91 Å². The summed E-state index contributed by atoms with van der Waals surface area (Å²) >= 11 is 0. The fourth-order valence-electron chi connectivity index (χ4n) is 3.41. The summed E-state index contributed by atoms with van der Waals surface area (Å²) in [5.74, 6) is 1.02. The highest BCUT2D eigenvalue weighted by atomic mass is 16.5. The van der Waals surface area contributed by atoms with Gasteiger partial charge in [-0.05, 0) is 23.8 Å². The van der Waals surface area contributed by atoms with Crippen LogP contribution < -0.4 is 25.0 Å². The Balaban J connectivity index is 1.64. The number of pyridine rings is 1. The van der Waals surface area contributed by atoms with Gasteiger partial charge in [0.2, 0.25) is 5.91 Å². The van der Waals surface area contributed by atoms with Gasteiger partial charge in [0.15, 0.2) is 5.82 Å². The molecule has 0 saturated heterocycles. The zero-order valence-corrected chi connectivity index (χ0v) is 17.2. The second-order valence-electron chi connectivity index (χ2n) is 6.90. The molecule has 2 N–H and O–H groups in total. The molecule has 2 amide bonds. The minimum Gasteiger partial charge on any atom is -0.494 e. The Labute approximate surface area is 179 Å². The lowest BCUT2D eigenvalue weighted by molar-refractivity contribution is -0.117. The van der Waals surface area contributed by atoms with Crippen molar-refractivity contribution in [1.29, 1.82) is 0 Å². The molecule has 8 nitrogen and oxygen atoms in total. The van der Waals surface area contributed by atoms with Crippen molar-refractivity contribution >= 4 is 29.0 Å². The van der Waals surface area contributed by atoms with Crippen LogP contribution in [0.25, 0.3) is 0 Å². The van der Waals surface area contributed by atoms with Gasteiger partial charge in [0, 0.05) is 6.20 Å². The molecule has 0 radical (unpaired) electrons. The maximum Gasteiger partial charge on any atom is 0.257 e. The van der Waals surface area contributed by atoms with Crippen molar-refractivity contribution in [2.75, 3.05) is 36.3 Å². The summed E-state index contributed by atoms with van der Waals surface area (Å²) in [5, 5.41) is 5.83. The van der Waals surface area contributed by atoms with Gasteiger partial charge in [-0.15, -0.1) is 0 Å². The lowest BCUT2D eigenvalue weighted by Gasteiger charge is -2.29. The molecule has 0 saturated carbocycles. The van der Waals surface area contributed by atoms with Crippen molar-refractivity contribution in [3.63, 3.8) is 0 Å². The van der Waals surface area contributed by atoms with E-state index in [9.17, 15) is 9.59 Å². The second-order valence-corrected chi connectivity index (χ2v) is 6.90. The van der Waals surface area contributed by atoms with Gasteiger partial charge in [-0.25, -0.2) is 4.98 Å². The van der Waals surface area contributed by atoms with Crippen LogP contribution in [0, 0.1) is 0 Å². The van der Waals surface area contributed by atoms with Crippen LogP contribution >= 0.6 is 0 Å². The van der Waals surface area contributed by atoms with Gasteiger partial charge < -0.3 is 25.0 Å². The topological polar surface area (TPSA) is 92.8 Å². The minimum atomic E-state index is -0.393. The number of rotatable bonds is 6. The van der Waals surface area contributed by atoms with Crippen LogP contribution in [-0.4, -0.2) is 37.6 Å². The Morgan fingerprint density at radius 1 is 1.10 bits per heavy atom. The maximum atomic E-state index is 13.0. The normalized spacial score (nSPS) is 12.6. The first kappa shape index (κ1) is 20.2. The zero-order chi connectivity index (χ0) is 21.8. The van der Waals surface area contributed by atoms with Gasteiger partial charge in [0.1, 0.15) is 17.2 Å². The van der Waals surface area contributed by atoms with E-state index >= 15 is 0 Å². The van der Waals surface area contributed by atoms with Crippen molar-refractivity contribution in [3.05, 3.63) is 71.9 Å². The third-order valence-electron chi connectivity index (χ3n) is 4.98.